The number of anilines is 1. The van der Waals surface area contributed by atoms with Crippen molar-refractivity contribution in [3.05, 3.63) is 49.8 Å². The third-order valence-corrected chi connectivity index (χ3v) is 4.01. The maximum atomic E-state index is 10.9. The highest BCUT2D eigenvalue weighted by Gasteiger charge is 2.14. The van der Waals surface area contributed by atoms with Crippen LogP contribution in [0.25, 0.3) is 0 Å². The Morgan fingerprint density at radius 3 is 2.74 bits per heavy atom. The van der Waals surface area contributed by atoms with Crippen LogP contribution in [-0.4, -0.2) is 9.91 Å². The number of hydrogen-bond donors (Lipinski definition) is 1. The largest absolute Gasteiger partial charge is 0.363 e. The van der Waals surface area contributed by atoms with Crippen LogP contribution in [0.15, 0.2) is 24.4 Å². The van der Waals surface area contributed by atoms with Crippen molar-refractivity contribution in [1.82, 2.24) is 4.98 Å². The van der Waals surface area contributed by atoms with E-state index in [1.807, 2.05) is 6.92 Å². The lowest BCUT2D eigenvalue weighted by Gasteiger charge is -2.12. The van der Waals surface area contributed by atoms with Crippen molar-refractivity contribution in [2.75, 3.05) is 5.32 Å². The van der Waals surface area contributed by atoms with Crippen LogP contribution < -0.4 is 5.32 Å². The fourth-order valence-corrected chi connectivity index (χ4v) is 2.65. The molecule has 0 aromatic carbocycles. The summed E-state index contributed by atoms with van der Waals surface area (Å²) < 4.78 is 0. The van der Waals surface area contributed by atoms with Gasteiger partial charge < -0.3 is 5.32 Å². The topological polar surface area (TPSA) is 68.1 Å². The average molecular weight is 277 g/mol. The van der Waals surface area contributed by atoms with Gasteiger partial charge >= 0.3 is 0 Å². The summed E-state index contributed by atoms with van der Waals surface area (Å²) in [5, 5.41) is 14.1. The second kappa shape index (κ2) is 5.36. The first-order valence-corrected chi connectivity index (χ1v) is 6.73. The number of aromatic nitrogens is 1. The normalized spacial score (nSPS) is 12.2. The van der Waals surface area contributed by atoms with Crippen molar-refractivity contribution in [2.24, 2.45) is 0 Å². The molecule has 19 heavy (non-hydrogen) atoms. The van der Waals surface area contributed by atoms with Crippen LogP contribution in [0.4, 0.5) is 11.5 Å². The van der Waals surface area contributed by atoms with Gasteiger partial charge in [0.25, 0.3) is 5.69 Å². The van der Waals surface area contributed by atoms with Crippen molar-refractivity contribution >= 4 is 22.8 Å². The van der Waals surface area contributed by atoms with Crippen LogP contribution in [0.1, 0.15) is 28.3 Å². The second-order valence-electron chi connectivity index (χ2n) is 4.43. The molecule has 2 aromatic heterocycles. The molecular formula is C13H15N3O2S. The third-order valence-electron chi connectivity index (χ3n) is 2.82. The second-order valence-corrected chi connectivity index (χ2v) is 5.75. The molecule has 0 aliphatic rings. The van der Waals surface area contributed by atoms with E-state index in [2.05, 4.69) is 29.4 Å². The number of rotatable bonds is 4. The molecule has 5 nitrogen and oxygen atoms in total. The number of pyridine rings is 1. The first-order chi connectivity index (χ1) is 8.97. The Hall–Kier alpha value is -1.95. The molecule has 0 saturated heterocycles. The average Bonchev–Trinajstić information content (AvgIpc) is 2.78. The first kappa shape index (κ1) is 13.5. The van der Waals surface area contributed by atoms with Crippen LogP contribution in [-0.2, 0) is 0 Å². The number of aryl methyl sites for hydroxylation is 2. The molecular weight excluding hydrogens is 262 g/mol. The number of thiophene rings is 1. The van der Waals surface area contributed by atoms with Crippen molar-refractivity contribution < 1.29 is 4.92 Å². The molecule has 0 saturated carbocycles. The molecule has 0 fully saturated rings. The van der Waals surface area contributed by atoms with Crippen LogP contribution in [0, 0.1) is 24.0 Å². The molecule has 6 heteroatoms. The summed E-state index contributed by atoms with van der Waals surface area (Å²) >= 11 is 1.70. The predicted molar refractivity (Wildman–Crippen MR) is 76.7 cm³/mol. The first-order valence-electron chi connectivity index (χ1n) is 5.91. The molecule has 0 aliphatic heterocycles. The number of nitro groups is 1. The van der Waals surface area contributed by atoms with Gasteiger partial charge in [0.2, 0.25) is 0 Å². The molecule has 2 aromatic rings. The summed E-state index contributed by atoms with van der Waals surface area (Å²) in [5.41, 5.74) is 0.655. The Morgan fingerprint density at radius 2 is 2.16 bits per heavy atom. The quantitative estimate of drug-likeness (QED) is 0.681. The van der Waals surface area contributed by atoms with E-state index >= 15 is 0 Å². The van der Waals surface area contributed by atoms with Gasteiger partial charge in [0, 0.05) is 21.5 Å². The summed E-state index contributed by atoms with van der Waals surface area (Å²) in [6.07, 6.45) is 1.52. The van der Waals surface area contributed by atoms with Crippen LogP contribution >= 0.6 is 11.3 Å². The van der Waals surface area contributed by atoms with Crippen LogP contribution in [0.5, 0.6) is 0 Å². The Balaban J connectivity index is 2.19. The van der Waals surface area contributed by atoms with Gasteiger partial charge in [-0.2, -0.15) is 0 Å². The van der Waals surface area contributed by atoms with Gasteiger partial charge in [-0.3, -0.25) is 10.1 Å². The minimum absolute atomic E-state index is 0.0773. The molecule has 0 amide bonds. The smallest absolute Gasteiger partial charge is 0.277 e. The predicted octanol–water partition coefficient (Wildman–Crippen LogP) is 3.84. The van der Waals surface area contributed by atoms with E-state index in [0.29, 0.717) is 11.4 Å². The van der Waals surface area contributed by atoms with Crippen molar-refractivity contribution in [1.29, 1.82) is 0 Å². The summed E-state index contributed by atoms with van der Waals surface area (Å²) in [6.45, 7) is 5.75. The molecule has 0 bridgehead atoms. The highest BCUT2D eigenvalue weighted by molar-refractivity contribution is 7.12. The van der Waals surface area contributed by atoms with Crippen molar-refractivity contribution in [2.45, 2.75) is 26.8 Å². The lowest BCUT2D eigenvalue weighted by molar-refractivity contribution is -0.385. The van der Waals surface area contributed by atoms with Crippen molar-refractivity contribution in [3.8, 4) is 0 Å². The number of nitrogens with one attached hydrogen (secondary N) is 1. The fraction of sp³-hybridized carbons (Fsp3) is 0.308. The van der Waals surface area contributed by atoms with Gasteiger partial charge in [-0.1, -0.05) is 0 Å². The SMILES string of the molecule is Cc1ccc(C(C)Nc2cc([N+](=O)[O-])c(C)cn2)s1. The monoisotopic (exact) mass is 277 g/mol. The van der Waals surface area contributed by atoms with E-state index in [0.717, 1.165) is 0 Å². The Bertz CT molecular complexity index is 610. The zero-order valence-electron chi connectivity index (χ0n) is 11.0. The molecule has 1 unspecified atom stereocenters. The van der Waals surface area contributed by atoms with E-state index in [4.69, 9.17) is 0 Å². The highest BCUT2D eigenvalue weighted by Crippen LogP contribution is 2.27. The van der Waals surface area contributed by atoms with Gasteiger partial charge in [0.15, 0.2) is 0 Å². The Labute approximate surface area is 115 Å². The summed E-state index contributed by atoms with van der Waals surface area (Å²) in [7, 11) is 0. The van der Waals surface area contributed by atoms with E-state index in [-0.39, 0.29) is 16.7 Å². The highest BCUT2D eigenvalue weighted by atomic mass is 32.1. The molecule has 0 spiro atoms. The number of hydrogen-bond acceptors (Lipinski definition) is 5. The fourth-order valence-electron chi connectivity index (χ4n) is 1.77. The lowest BCUT2D eigenvalue weighted by Crippen LogP contribution is -2.07. The van der Waals surface area contributed by atoms with E-state index in [9.17, 15) is 10.1 Å². The van der Waals surface area contributed by atoms with Gasteiger partial charge in [0.05, 0.1) is 17.0 Å². The maximum absolute atomic E-state index is 10.9. The van der Waals surface area contributed by atoms with E-state index in [1.165, 1.54) is 22.0 Å². The molecule has 2 rings (SSSR count). The van der Waals surface area contributed by atoms with Crippen LogP contribution in [0.2, 0.25) is 0 Å². The van der Waals surface area contributed by atoms with Gasteiger partial charge in [0.1, 0.15) is 5.82 Å². The maximum Gasteiger partial charge on any atom is 0.277 e. The molecule has 1 N–H and O–H groups in total. The molecule has 0 radical (unpaired) electrons. The van der Waals surface area contributed by atoms with Crippen LogP contribution in [0.3, 0.4) is 0 Å². The molecule has 1 atom stereocenters. The Kier molecular flexibility index (Phi) is 3.80. The third kappa shape index (κ3) is 3.08. The zero-order chi connectivity index (χ0) is 14.0. The van der Waals surface area contributed by atoms with E-state index < -0.39 is 0 Å². The molecule has 2 heterocycles. The van der Waals surface area contributed by atoms with Gasteiger partial charge in [-0.15, -0.1) is 11.3 Å². The summed E-state index contributed by atoms with van der Waals surface area (Å²) in [5.74, 6) is 0.524. The standard InChI is InChI=1S/C13H15N3O2S/c1-8-7-14-13(6-11(8)16(17)18)15-10(3)12-5-4-9(2)19-12/h4-7,10H,1-3H3,(H,14,15). The molecule has 0 aliphatic carbocycles. The lowest BCUT2D eigenvalue weighted by atomic mass is 10.2. The molecule has 100 valence electrons. The zero-order valence-corrected chi connectivity index (χ0v) is 11.8. The minimum atomic E-state index is -0.387. The summed E-state index contributed by atoms with van der Waals surface area (Å²) in [4.78, 5) is 17.1. The van der Waals surface area contributed by atoms with E-state index in [1.54, 1.807) is 18.3 Å². The van der Waals surface area contributed by atoms with Gasteiger partial charge in [-0.25, -0.2) is 4.98 Å². The summed E-state index contributed by atoms with van der Waals surface area (Å²) in [6, 6.07) is 5.67. The Morgan fingerprint density at radius 1 is 1.42 bits per heavy atom. The van der Waals surface area contributed by atoms with Crippen molar-refractivity contribution in [3.63, 3.8) is 0 Å². The number of nitrogens with zero attached hydrogens (tertiary/aromatic N) is 2. The minimum Gasteiger partial charge on any atom is -0.363 e. The van der Waals surface area contributed by atoms with Gasteiger partial charge in [-0.05, 0) is 32.9 Å².